The molecule has 3 aromatic rings. The van der Waals surface area contributed by atoms with E-state index in [4.69, 9.17) is 4.74 Å². The van der Waals surface area contributed by atoms with Crippen LogP contribution in [0.5, 0.6) is 11.6 Å². The molecule has 0 aliphatic carbocycles. The summed E-state index contributed by atoms with van der Waals surface area (Å²) in [5.74, 6) is -3.80. The number of imidazole rings is 1. The minimum atomic E-state index is -5.00. The van der Waals surface area contributed by atoms with Crippen LogP contribution in [0, 0.1) is 5.82 Å². The fraction of sp³-hybridized carbons (Fsp3) is 0.312. The molecule has 0 bridgehead atoms. The molecule has 0 aliphatic rings. The van der Waals surface area contributed by atoms with Gasteiger partial charge in [0.2, 0.25) is 5.82 Å². The van der Waals surface area contributed by atoms with E-state index in [2.05, 4.69) is 25.0 Å². The van der Waals surface area contributed by atoms with Gasteiger partial charge in [0.05, 0.1) is 12.3 Å². The maximum atomic E-state index is 14.2. The molecule has 0 aliphatic heterocycles. The molecule has 0 atom stereocenters. The van der Waals surface area contributed by atoms with Gasteiger partial charge in [0.1, 0.15) is 11.6 Å². The van der Waals surface area contributed by atoms with Gasteiger partial charge in [-0.3, -0.25) is 0 Å². The lowest BCUT2D eigenvalue weighted by molar-refractivity contribution is -0.274. The first-order valence-electron chi connectivity index (χ1n) is 8.26. The molecule has 0 unspecified atom stereocenters. The molecule has 162 valence electrons. The number of rotatable bonds is 6. The zero-order valence-electron chi connectivity index (χ0n) is 15.0. The topological polar surface area (TPSA) is 85.0 Å². The van der Waals surface area contributed by atoms with Gasteiger partial charge in [-0.2, -0.15) is 18.2 Å². The Bertz CT molecular complexity index is 1050. The molecule has 2 heterocycles. The third-order valence-corrected chi connectivity index (χ3v) is 3.44. The van der Waals surface area contributed by atoms with Crippen LogP contribution in [0.25, 0.3) is 11.3 Å². The fourth-order valence-electron chi connectivity index (χ4n) is 2.26. The Morgan fingerprint density at radius 2 is 1.80 bits per heavy atom. The van der Waals surface area contributed by atoms with Gasteiger partial charge in [-0.05, 0) is 18.6 Å². The van der Waals surface area contributed by atoms with E-state index < -0.39 is 35.6 Å². The number of H-pyrrole nitrogens is 1. The van der Waals surface area contributed by atoms with E-state index in [1.165, 1.54) is 0 Å². The van der Waals surface area contributed by atoms with Crippen molar-refractivity contribution < 1.29 is 40.2 Å². The number of benzene rings is 1. The molecule has 0 amide bonds. The van der Waals surface area contributed by atoms with Crippen LogP contribution in [-0.4, -0.2) is 32.9 Å². The second kappa shape index (κ2) is 7.84. The predicted molar refractivity (Wildman–Crippen MR) is 88.8 cm³/mol. The summed E-state index contributed by atoms with van der Waals surface area (Å²) in [6.07, 6.45) is -9.26. The normalized spacial score (nSPS) is 12.3. The second-order valence-electron chi connectivity index (χ2n) is 5.80. The van der Waals surface area contributed by atoms with Crippen molar-refractivity contribution >= 4 is 22.8 Å². The first-order chi connectivity index (χ1) is 14.0. The second-order valence-corrected chi connectivity index (χ2v) is 5.80. The Labute approximate surface area is 163 Å². The molecule has 3 rings (SSSR count). The van der Waals surface area contributed by atoms with Crippen LogP contribution >= 0.6 is 0 Å². The minimum Gasteiger partial charge on any atom is -0.475 e. The maximum absolute atomic E-state index is 14.2. The molecule has 30 heavy (non-hydrogen) atoms. The number of fused-ring (bicyclic) bond motifs is 1. The van der Waals surface area contributed by atoms with Crippen molar-refractivity contribution in [3.63, 3.8) is 0 Å². The summed E-state index contributed by atoms with van der Waals surface area (Å²) in [6, 6.07) is 2.25. The predicted octanol–water partition coefficient (Wildman–Crippen LogP) is 4.94. The van der Waals surface area contributed by atoms with Crippen molar-refractivity contribution in [2.45, 2.75) is 25.9 Å². The Morgan fingerprint density at radius 1 is 1.07 bits per heavy atom. The Hall–Kier alpha value is -3.32. The van der Waals surface area contributed by atoms with E-state index in [9.17, 15) is 30.7 Å². The summed E-state index contributed by atoms with van der Waals surface area (Å²) in [5, 5.41) is 2.43. The number of nitrogens with one attached hydrogen (secondary N) is 2. The standard InChI is InChI=1S/C16H12F7N5O2/c1-2-5-29-13-12(25-10-11(26-13)28-14(27-10)15(18,19)20)24-9-4-3-7(6-8(9)17)30-16(21,22)23/h3-4,6H,2,5H2,1H3,(H2,24,25,26,27,28). The third kappa shape index (κ3) is 4.99. The van der Waals surface area contributed by atoms with Gasteiger partial charge in [0, 0.05) is 6.07 Å². The molecule has 0 saturated carbocycles. The number of aromatic amines is 1. The highest BCUT2D eigenvalue weighted by molar-refractivity contribution is 5.73. The van der Waals surface area contributed by atoms with Crippen molar-refractivity contribution in [1.29, 1.82) is 0 Å². The molecule has 14 heteroatoms. The average molecular weight is 439 g/mol. The van der Waals surface area contributed by atoms with E-state index in [-0.39, 0.29) is 29.6 Å². The van der Waals surface area contributed by atoms with Gasteiger partial charge in [-0.1, -0.05) is 6.92 Å². The first kappa shape index (κ1) is 21.4. The molecule has 0 saturated heterocycles. The van der Waals surface area contributed by atoms with Gasteiger partial charge in [-0.25, -0.2) is 14.4 Å². The van der Waals surface area contributed by atoms with Gasteiger partial charge in [-0.15, -0.1) is 13.2 Å². The number of ether oxygens (including phenoxy) is 2. The number of anilines is 2. The summed E-state index contributed by atoms with van der Waals surface area (Å²) < 4.78 is 98.4. The van der Waals surface area contributed by atoms with Gasteiger partial charge < -0.3 is 19.8 Å². The Balaban J connectivity index is 1.97. The molecular weight excluding hydrogens is 427 g/mol. The molecule has 0 fully saturated rings. The summed E-state index contributed by atoms with van der Waals surface area (Å²) >= 11 is 0. The fourth-order valence-corrected chi connectivity index (χ4v) is 2.26. The van der Waals surface area contributed by atoms with Crippen molar-refractivity contribution in [3.05, 3.63) is 29.8 Å². The van der Waals surface area contributed by atoms with Crippen molar-refractivity contribution in [2.24, 2.45) is 0 Å². The van der Waals surface area contributed by atoms with Crippen LogP contribution in [0.4, 0.5) is 42.2 Å². The molecule has 2 N–H and O–H groups in total. The summed E-state index contributed by atoms with van der Waals surface area (Å²) in [5.41, 5.74) is -1.08. The van der Waals surface area contributed by atoms with Crippen LogP contribution in [0.3, 0.4) is 0 Å². The molecule has 2 aromatic heterocycles. The lowest BCUT2D eigenvalue weighted by atomic mass is 10.3. The number of hydrogen-bond donors (Lipinski definition) is 2. The van der Waals surface area contributed by atoms with E-state index >= 15 is 0 Å². The van der Waals surface area contributed by atoms with Gasteiger partial charge >= 0.3 is 12.5 Å². The van der Waals surface area contributed by atoms with Crippen molar-refractivity contribution in [3.8, 4) is 11.6 Å². The van der Waals surface area contributed by atoms with E-state index in [1.54, 1.807) is 6.92 Å². The summed E-state index contributed by atoms with van der Waals surface area (Å²) in [4.78, 5) is 13.0. The monoisotopic (exact) mass is 439 g/mol. The highest BCUT2D eigenvalue weighted by Gasteiger charge is 2.35. The van der Waals surface area contributed by atoms with Crippen molar-refractivity contribution in [2.75, 3.05) is 11.9 Å². The SMILES string of the molecule is CCCOc1nc2[nH]c(C(F)(F)F)nc2nc1Nc1ccc(OC(F)(F)F)cc1F. The molecule has 1 aromatic carbocycles. The van der Waals surface area contributed by atoms with Gasteiger partial charge in [0.15, 0.2) is 17.1 Å². The number of alkyl halides is 6. The average Bonchev–Trinajstić information content (AvgIpc) is 3.04. The van der Waals surface area contributed by atoms with Crippen LogP contribution < -0.4 is 14.8 Å². The largest absolute Gasteiger partial charge is 0.573 e. The zero-order chi connectivity index (χ0) is 22.1. The molecule has 7 nitrogen and oxygen atoms in total. The van der Waals surface area contributed by atoms with Gasteiger partial charge in [0.25, 0.3) is 5.88 Å². The number of aromatic nitrogens is 4. The van der Waals surface area contributed by atoms with E-state index in [0.29, 0.717) is 12.5 Å². The molecule has 0 spiro atoms. The number of hydrogen-bond acceptors (Lipinski definition) is 6. The van der Waals surface area contributed by atoms with Crippen LogP contribution in [0.2, 0.25) is 0 Å². The highest BCUT2D eigenvalue weighted by atomic mass is 19.4. The summed E-state index contributed by atoms with van der Waals surface area (Å²) in [6.45, 7) is 1.88. The smallest absolute Gasteiger partial charge is 0.475 e. The number of nitrogens with zero attached hydrogens (tertiary/aromatic N) is 3. The number of halogens is 7. The minimum absolute atomic E-state index is 0.121. The zero-order valence-corrected chi connectivity index (χ0v) is 15.0. The molecule has 0 radical (unpaired) electrons. The Morgan fingerprint density at radius 3 is 2.40 bits per heavy atom. The Kier molecular flexibility index (Phi) is 5.59. The third-order valence-electron chi connectivity index (χ3n) is 3.44. The summed E-state index contributed by atoms with van der Waals surface area (Å²) in [7, 11) is 0. The van der Waals surface area contributed by atoms with Crippen molar-refractivity contribution in [1.82, 2.24) is 19.9 Å². The maximum Gasteiger partial charge on any atom is 0.573 e. The van der Waals surface area contributed by atoms with E-state index in [0.717, 1.165) is 12.1 Å². The van der Waals surface area contributed by atoms with Crippen LogP contribution in [-0.2, 0) is 6.18 Å². The molecular formula is C16H12F7N5O2. The first-order valence-corrected chi connectivity index (χ1v) is 8.26. The highest BCUT2D eigenvalue weighted by Crippen LogP contribution is 2.32. The lowest BCUT2D eigenvalue weighted by Crippen LogP contribution is -2.17. The van der Waals surface area contributed by atoms with Crippen LogP contribution in [0.15, 0.2) is 18.2 Å². The quantitative estimate of drug-likeness (QED) is 0.530. The van der Waals surface area contributed by atoms with E-state index in [1.807, 2.05) is 4.98 Å². The lowest BCUT2D eigenvalue weighted by Gasteiger charge is -2.13. The van der Waals surface area contributed by atoms with Crippen LogP contribution in [0.1, 0.15) is 19.2 Å².